The van der Waals surface area contributed by atoms with E-state index in [2.05, 4.69) is 13.5 Å². The average Bonchev–Trinajstić information content (AvgIpc) is 2.73. The van der Waals surface area contributed by atoms with Crippen molar-refractivity contribution in [1.82, 2.24) is 0 Å². The Bertz CT molecular complexity index is 569. The van der Waals surface area contributed by atoms with Crippen LogP contribution in [-0.2, 0) is 4.79 Å². The molecule has 0 aromatic rings. The Morgan fingerprint density at radius 1 is 1.22 bits per heavy atom. The molecular weight excluding hydrogens is 288 g/mol. The summed E-state index contributed by atoms with van der Waals surface area (Å²) in [5.74, 6) is 0.479. The SMILES string of the molecule is C=C1C[C@]23C[C@H]1CC[C@H]2[C@]1(C)CCC[C@](C)(C(=O)O)[C@H]1C[C@@H]3O. The molecule has 0 unspecified atom stereocenters. The number of aliphatic hydroxyl groups is 1. The number of aliphatic hydroxyl groups excluding tert-OH is 1. The van der Waals surface area contributed by atoms with Crippen molar-refractivity contribution in [2.24, 2.45) is 34.0 Å². The van der Waals surface area contributed by atoms with Crippen LogP contribution in [0.5, 0.6) is 0 Å². The first-order valence-corrected chi connectivity index (χ1v) is 9.33. The van der Waals surface area contributed by atoms with Gasteiger partial charge in [-0.25, -0.2) is 0 Å². The van der Waals surface area contributed by atoms with Gasteiger partial charge in [0.2, 0.25) is 0 Å². The van der Waals surface area contributed by atoms with Gasteiger partial charge in [-0.15, -0.1) is 0 Å². The molecule has 4 rings (SSSR count). The molecule has 0 aromatic carbocycles. The van der Waals surface area contributed by atoms with E-state index in [1.54, 1.807) is 0 Å². The fourth-order valence-electron chi connectivity index (χ4n) is 7.51. The zero-order valence-electron chi connectivity index (χ0n) is 14.5. The van der Waals surface area contributed by atoms with Crippen molar-refractivity contribution >= 4 is 5.97 Å². The molecule has 1 spiro atoms. The second-order valence-electron chi connectivity index (χ2n) is 9.49. The zero-order chi connectivity index (χ0) is 16.6. The highest BCUT2D eigenvalue weighted by atomic mass is 16.4. The standard InChI is InChI=1S/C20H30O3/c1-12-10-20-11-13(12)5-6-14(20)18(2)7-4-8-19(3,17(22)23)15(18)9-16(20)21/h13-16,21H,1,4-11H2,2-3H3,(H,22,23)/t13-,14+,15+,16+,18+,19+,20+/m1/s1. The van der Waals surface area contributed by atoms with E-state index in [0.717, 1.165) is 38.5 Å². The average molecular weight is 318 g/mol. The lowest BCUT2D eigenvalue weighted by atomic mass is 9.40. The largest absolute Gasteiger partial charge is 0.481 e. The van der Waals surface area contributed by atoms with Crippen molar-refractivity contribution in [3.63, 3.8) is 0 Å². The molecule has 0 radical (unpaired) electrons. The lowest BCUT2D eigenvalue weighted by molar-refractivity contribution is -0.208. The number of fused-ring (bicyclic) bond motifs is 3. The second-order valence-corrected chi connectivity index (χ2v) is 9.49. The maximum Gasteiger partial charge on any atom is 0.309 e. The van der Waals surface area contributed by atoms with Crippen LogP contribution in [0.25, 0.3) is 0 Å². The minimum absolute atomic E-state index is 0.0119. The van der Waals surface area contributed by atoms with E-state index in [0.29, 0.717) is 18.3 Å². The fraction of sp³-hybridized carbons (Fsp3) is 0.850. The number of carboxylic acids is 1. The fourth-order valence-corrected chi connectivity index (χ4v) is 7.51. The van der Waals surface area contributed by atoms with Gasteiger partial charge in [-0.3, -0.25) is 4.79 Å². The van der Waals surface area contributed by atoms with Crippen LogP contribution < -0.4 is 0 Å². The topological polar surface area (TPSA) is 57.5 Å². The van der Waals surface area contributed by atoms with E-state index < -0.39 is 11.4 Å². The molecule has 0 saturated heterocycles. The summed E-state index contributed by atoms with van der Waals surface area (Å²) in [6.45, 7) is 8.57. The Morgan fingerprint density at radius 3 is 2.65 bits per heavy atom. The van der Waals surface area contributed by atoms with Gasteiger partial charge in [0.25, 0.3) is 0 Å². The summed E-state index contributed by atoms with van der Waals surface area (Å²) >= 11 is 0. The third-order valence-electron chi connectivity index (χ3n) is 8.64. The van der Waals surface area contributed by atoms with Crippen LogP contribution in [0, 0.1) is 34.0 Å². The summed E-state index contributed by atoms with van der Waals surface area (Å²) in [6.07, 6.45) is 7.57. The van der Waals surface area contributed by atoms with Crippen LogP contribution >= 0.6 is 0 Å². The Labute approximate surface area is 139 Å². The molecule has 4 aliphatic carbocycles. The van der Waals surface area contributed by atoms with Crippen LogP contribution in [0.4, 0.5) is 0 Å². The first kappa shape index (κ1) is 15.7. The van der Waals surface area contributed by atoms with E-state index >= 15 is 0 Å². The van der Waals surface area contributed by atoms with Gasteiger partial charge < -0.3 is 10.2 Å². The molecule has 7 atom stereocenters. The zero-order valence-corrected chi connectivity index (χ0v) is 14.5. The highest BCUT2D eigenvalue weighted by molar-refractivity contribution is 5.75. The van der Waals surface area contributed by atoms with Gasteiger partial charge in [-0.2, -0.15) is 0 Å². The third-order valence-corrected chi connectivity index (χ3v) is 8.64. The first-order valence-electron chi connectivity index (χ1n) is 9.33. The van der Waals surface area contributed by atoms with Crippen molar-refractivity contribution in [3.8, 4) is 0 Å². The van der Waals surface area contributed by atoms with E-state index in [1.807, 2.05) is 6.92 Å². The molecule has 3 heteroatoms. The molecule has 2 bridgehead atoms. The smallest absolute Gasteiger partial charge is 0.309 e. The molecule has 2 N–H and O–H groups in total. The van der Waals surface area contributed by atoms with Gasteiger partial charge in [-0.1, -0.05) is 25.5 Å². The van der Waals surface area contributed by atoms with E-state index in [1.165, 1.54) is 12.0 Å². The molecule has 0 aliphatic heterocycles. The molecular formula is C20H30O3. The number of aliphatic carboxylic acids is 1. The van der Waals surface area contributed by atoms with Gasteiger partial charge >= 0.3 is 5.97 Å². The highest BCUT2D eigenvalue weighted by Crippen LogP contribution is 2.72. The number of allylic oxidation sites excluding steroid dienone is 1. The molecule has 23 heavy (non-hydrogen) atoms. The first-order chi connectivity index (χ1) is 10.7. The predicted octanol–water partition coefficient (Wildman–Crippen LogP) is 4.01. The van der Waals surface area contributed by atoms with E-state index in [9.17, 15) is 15.0 Å². The molecule has 0 heterocycles. The minimum Gasteiger partial charge on any atom is -0.481 e. The Kier molecular flexibility index (Phi) is 3.15. The van der Waals surface area contributed by atoms with Gasteiger partial charge in [0.15, 0.2) is 0 Å². The van der Waals surface area contributed by atoms with Crippen LogP contribution in [0.2, 0.25) is 0 Å². The summed E-state index contributed by atoms with van der Waals surface area (Å²) in [7, 11) is 0. The number of hydrogen-bond acceptors (Lipinski definition) is 2. The van der Waals surface area contributed by atoms with Gasteiger partial charge in [0, 0.05) is 5.41 Å². The number of carboxylic acid groups (broad SMARTS) is 1. The third kappa shape index (κ3) is 1.78. The van der Waals surface area contributed by atoms with Crippen LogP contribution in [-0.4, -0.2) is 22.3 Å². The number of hydrogen-bond donors (Lipinski definition) is 2. The summed E-state index contributed by atoms with van der Waals surface area (Å²) < 4.78 is 0. The van der Waals surface area contributed by atoms with Crippen LogP contribution in [0.1, 0.15) is 65.2 Å². The molecule has 0 aromatic heterocycles. The summed E-state index contributed by atoms with van der Waals surface area (Å²) in [4.78, 5) is 12.1. The van der Waals surface area contributed by atoms with Crippen molar-refractivity contribution in [3.05, 3.63) is 12.2 Å². The molecule has 128 valence electrons. The predicted molar refractivity (Wildman–Crippen MR) is 88.8 cm³/mol. The van der Waals surface area contributed by atoms with E-state index in [4.69, 9.17) is 0 Å². The summed E-state index contributed by atoms with van der Waals surface area (Å²) in [5, 5.41) is 21.0. The maximum absolute atomic E-state index is 12.1. The second kappa shape index (κ2) is 4.62. The maximum atomic E-state index is 12.1. The van der Waals surface area contributed by atoms with Crippen molar-refractivity contribution < 1.29 is 15.0 Å². The van der Waals surface area contributed by atoms with Gasteiger partial charge in [-0.05, 0) is 75.0 Å². The minimum atomic E-state index is -0.679. The summed E-state index contributed by atoms with van der Waals surface area (Å²) in [5.41, 5.74) is 0.704. The number of carbonyl (C=O) groups is 1. The highest BCUT2D eigenvalue weighted by Gasteiger charge is 2.67. The van der Waals surface area contributed by atoms with Gasteiger partial charge in [0.1, 0.15) is 0 Å². The summed E-state index contributed by atoms with van der Waals surface area (Å²) in [6, 6.07) is 0. The normalized spacial score (nSPS) is 55.2. The molecule has 3 nitrogen and oxygen atoms in total. The Morgan fingerprint density at radius 2 is 1.96 bits per heavy atom. The Balaban J connectivity index is 1.80. The molecule has 0 amide bonds. The van der Waals surface area contributed by atoms with Crippen LogP contribution in [0.15, 0.2) is 12.2 Å². The lowest BCUT2D eigenvalue weighted by Gasteiger charge is -2.64. The van der Waals surface area contributed by atoms with Crippen molar-refractivity contribution in [2.75, 3.05) is 0 Å². The van der Waals surface area contributed by atoms with Gasteiger partial charge in [0.05, 0.1) is 11.5 Å². The Hall–Kier alpha value is -0.830. The van der Waals surface area contributed by atoms with Crippen molar-refractivity contribution in [1.29, 1.82) is 0 Å². The van der Waals surface area contributed by atoms with E-state index in [-0.39, 0.29) is 22.9 Å². The lowest BCUT2D eigenvalue weighted by Crippen LogP contribution is -2.62. The molecule has 4 aliphatic rings. The molecule has 4 fully saturated rings. The number of rotatable bonds is 1. The van der Waals surface area contributed by atoms with Crippen LogP contribution in [0.3, 0.4) is 0 Å². The van der Waals surface area contributed by atoms with Crippen molar-refractivity contribution in [2.45, 2.75) is 71.3 Å². The molecule has 4 saturated carbocycles. The quantitative estimate of drug-likeness (QED) is 0.718. The monoisotopic (exact) mass is 318 g/mol.